The van der Waals surface area contributed by atoms with Gasteiger partial charge in [0.15, 0.2) is 0 Å². The van der Waals surface area contributed by atoms with Crippen molar-refractivity contribution in [2.45, 2.75) is 122 Å². The van der Waals surface area contributed by atoms with Gasteiger partial charge in [0.05, 0.1) is 12.1 Å². The van der Waals surface area contributed by atoms with Gasteiger partial charge in [0.1, 0.15) is 18.3 Å². The third-order valence-corrected chi connectivity index (χ3v) is 12.0. The summed E-state index contributed by atoms with van der Waals surface area (Å²) in [6, 6.07) is -0.395. The van der Waals surface area contributed by atoms with Gasteiger partial charge in [-0.15, -0.1) is 0 Å². The van der Waals surface area contributed by atoms with Crippen molar-refractivity contribution < 1.29 is 25.0 Å². The summed E-state index contributed by atoms with van der Waals surface area (Å²) in [5.41, 5.74) is 2.17. The van der Waals surface area contributed by atoms with Gasteiger partial charge in [0.2, 0.25) is 5.91 Å². The molecular weight excluding hydrogens is 442 g/mol. The van der Waals surface area contributed by atoms with Crippen molar-refractivity contribution in [1.29, 1.82) is 0 Å². The minimum Gasteiger partial charge on any atom is -0.393 e. The maximum Gasteiger partial charge on any atom is 0.246 e. The molecule has 6 aliphatic rings. The largest absolute Gasteiger partial charge is 0.393 e. The fourth-order valence-electron chi connectivity index (χ4n) is 10.1. The summed E-state index contributed by atoms with van der Waals surface area (Å²) < 4.78 is 0. The first-order chi connectivity index (χ1) is 16.6. The van der Waals surface area contributed by atoms with Gasteiger partial charge in [-0.1, -0.05) is 32.4 Å². The van der Waals surface area contributed by atoms with Crippen LogP contribution in [-0.2, 0) is 9.63 Å². The molecule has 1 amide bonds. The van der Waals surface area contributed by atoms with Crippen molar-refractivity contribution in [2.24, 2.45) is 40.4 Å². The second-order valence-corrected chi connectivity index (χ2v) is 13.5. The normalized spacial score (nSPS) is 51.4. The predicted molar refractivity (Wildman–Crippen MR) is 132 cm³/mol. The molecule has 1 heterocycles. The number of rotatable bonds is 4. The number of carbonyl (C=O) groups excluding carboxylic acids is 1. The molecule has 0 radical (unpaired) electrons. The van der Waals surface area contributed by atoms with Crippen LogP contribution in [0.2, 0.25) is 0 Å². The number of aliphatic hydroxyl groups excluding tert-OH is 3. The van der Waals surface area contributed by atoms with Gasteiger partial charge in [-0.3, -0.25) is 9.63 Å². The number of hydrogen-bond donors (Lipinski definition) is 3. The zero-order chi connectivity index (χ0) is 24.7. The Morgan fingerprint density at radius 3 is 2.66 bits per heavy atom. The van der Waals surface area contributed by atoms with Gasteiger partial charge >= 0.3 is 0 Å². The fraction of sp³-hybridized carbons (Fsp3) is 0.897. The quantitative estimate of drug-likeness (QED) is 0.522. The van der Waals surface area contributed by atoms with Crippen LogP contribution in [0.25, 0.3) is 0 Å². The molecule has 0 spiro atoms. The molecule has 35 heavy (non-hydrogen) atoms. The van der Waals surface area contributed by atoms with Gasteiger partial charge in [-0.2, -0.15) is 0 Å². The lowest BCUT2D eigenvalue weighted by Gasteiger charge is -2.58. The first-order valence-corrected chi connectivity index (χ1v) is 14.4. The molecule has 6 rings (SSSR count). The highest BCUT2D eigenvalue weighted by molar-refractivity contribution is 5.76. The standard InChI is InChI=1S/C29H45NO5/c1-16(4-9-25(32)30-23-15-24(35-30)27(34)26(23)33)20-7-8-21-19-6-5-17-14-18(31)10-12-28(17,2)22(19)11-13-29(20,21)3/h5,16,18-24,26-27,31,33-34H,4,6-15H2,1-3H3/t16?,18-,19-,20+,21-,22-,23+,24-,26-,27+,28-,29+/m0/s1. The number of amides is 1. The van der Waals surface area contributed by atoms with E-state index in [4.69, 9.17) is 4.84 Å². The molecule has 12 atom stereocenters. The van der Waals surface area contributed by atoms with Crippen molar-refractivity contribution in [3.63, 3.8) is 0 Å². The van der Waals surface area contributed by atoms with E-state index in [2.05, 4.69) is 26.8 Å². The predicted octanol–water partition coefficient (Wildman–Crippen LogP) is 3.98. The van der Waals surface area contributed by atoms with Crippen LogP contribution in [0.3, 0.4) is 0 Å². The molecule has 2 bridgehead atoms. The number of carbonyl (C=O) groups is 1. The lowest BCUT2D eigenvalue weighted by atomic mass is 9.47. The number of nitrogens with zero attached hydrogens (tertiary/aromatic N) is 1. The SMILES string of the molecule is CC(CCC(=O)N1O[C@H]2C[C@@H]1[C@H](O)[C@@H]2O)[C@H]1CC[C@H]2[C@@H]3CC=C4C[C@@H](O)CC[C@]4(C)[C@H]3CC[C@]12C. The van der Waals surface area contributed by atoms with E-state index in [-0.39, 0.29) is 17.4 Å². The fourth-order valence-corrected chi connectivity index (χ4v) is 10.1. The maximum absolute atomic E-state index is 12.9. The third kappa shape index (κ3) is 3.60. The highest BCUT2D eigenvalue weighted by atomic mass is 16.7. The van der Waals surface area contributed by atoms with Gasteiger partial charge in [-0.05, 0) is 98.2 Å². The van der Waals surface area contributed by atoms with E-state index in [9.17, 15) is 20.1 Å². The summed E-state index contributed by atoms with van der Waals surface area (Å²) >= 11 is 0. The third-order valence-electron chi connectivity index (χ3n) is 12.0. The number of allylic oxidation sites excluding steroid dienone is 1. The lowest BCUT2D eigenvalue weighted by molar-refractivity contribution is -0.239. The van der Waals surface area contributed by atoms with E-state index in [0.29, 0.717) is 30.1 Å². The molecule has 0 aromatic rings. The molecule has 4 saturated carbocycles. The Balaban J connectivity index is 1.10. The highest BCUT2D eigenvalue weighted by Gasteiger charge is 2.59. The summed E-state index contributed by atoms with van der Waals surface area (Å²) in [4.78, 5) is 18.6. The first-order valence-electron chi connectivity index (χ1n) is 14.4. The van der Waals surface area contributed by atoms with Crippen LogP contribution >= 0.6 is 0 Å². The Morgan fingerprint density at radius 1 is 1.11 bits per heavy atom. The molecule has 6 nitrogen and oxygen atoms in total. The molecule has 1 saturated heterocycles. The molecular formula is C29H45NO5. The van der Waals surface area contributed by atoms with Crippen molar-refractivity contribution in [3.8, 4) is 0 Å². The van der Waals surface area contributed by atoms with E-state index in [1.165, 1.54) is 42.7 Å². The van der Waals surface area contributed by atoms with Gasteiger partial charge < -0.3 is 15.3 Å². The zero-order valence-electron chi connectivity index (χ0n) is 21.7. The maximum atomic E-state index is 12.9. The Morgan fingerprint density at radius 2 is 1.91 bits per heavy atom. The number of hydrogen-bond acceptors (Lipinski definition) is 5. The minimum atomic E-state index is -0.890. The Bertz CT molecular complexity index is 888. The van der Waals surface area contributed by atoms with Gasteiger partial charge in [0.25, 0.3) is 0 Å². The second kappa shape index (κ2) is 8.54. The molecule has 1 unspecified atom stereocenters. The smallest absolute Gasteiger partial charge is 0.246 e. The molecule has 5 aliphatic carbocycles. The number of aliphatic hydroxyl groups is 3. The lowest BCUT2D eigenvalue weighted by Crippen LogP contribution is -2.51. The molecule has 5 fully saturated rings. The minimum absolute atomic E-state index is 0.0453. The van der Waals surface area contributed by atoms with E-state index in [1.54, 1.807) is 0 Å². The van der Waals surface area contributed by atoms with E-state index in [1.807, 2.05) is 0 Å². The van der Waals surface area contributed by atoms with Crippen molar-refractivity contribution in [1.82, 2.24) is 5.06 Å². The first kappa shape index (κ1) is 24.4. The average Bonchev–Trinajstić information content (AvgIpc) is 3.50. The molecule has 3 N–H and O–H groups in total. The Kier molecular flexibility index (Phi) is 5.95. The summed E-state index contributed by atoms with van der Waals surface area (Å²) in [5, 5.41) is 31.7. The van der Waals surface area contributed by atoms with Crippen LogP contribution < -0.4 is 0 Å². The zero-order valence-corrected chi connectivity index (χ0v) is 21.7. The van der Waals surface area contributed by atoms with Crippen LogP contribution in [0.15, 0.2) is 11.6 Å². The topological polar surface area (TPSA) is 90.2 Å². The molecule has 6 heteroatoms. The average molecular weight is 488 g/mol. The summed E-state index contributed by atoms with van der Waals surface area (Å²) in [6.07, 6.45) is 11.3. The van der Waals surface area contributed by atoms with Crippen molar-refractivity contribution in [2.75, 3.05) is 0 Å². The number of hydroxylamine groups is 2. The summed E-state index contributed by atoms with van der Waals surface area (Å²) in [7, 11) is 0. The number of fused-ring (bicyclic) bond motifs is 7. The molecule has 0 aromatic heterocycles. The monoisotopic (exact) mass is 487 g/mol. The van der Waals surface area contributed by atoms with Crippen LogP contribution in [0.4, 0.5) is 0 Å². The Hall–Kier alpha value is -0.950. The second-order valence-electron chi connectivity index (χ2n) is 13.5. The van der Waals surface area contributed by atoms with Crippen LogP contribution in [0.5, 0.6) is 0 Å². The van der Waals surface area contributed by atoms with E-state index in [0.717, 1.165) is 43.4 Å². The van der Waals surface area contributed by atoms with Crippen LogP contribution in [0, 0.1) is 40.4 Å². The van der Waals surface area contributed by atoms with Gasteiger partial charge in [-0.25, -0.2) is 5.06 Å². The summed E-state index contributed by atoms with van der Waals surface area (Å²) in [6.45, 7) is 7.39. The molecule has 196 valence electrons. The van der Waals surface area contributed by atoms with Crippen LogP contribution in [-0.4, -0.2) is 56.7 Å². The van der Waals surface area contributed by atoms with Crippen molar-refractivity contribution in [3.05, 3.63) is 11.6 Å². The van der Waals surface area contributed by atoms with Crippen LogP contribution in [0.1, 0.15) is 91.4 Å². The van der Waals surface area contributed by atoms with Gasteiger partial charge in [0, 0.05) is 12.8 Å². The molecule has 1 aliphatic heterocycles. The van der Waals surface area contributed by atoms with E-state index < -0.39 is 24.4 Å². The summed E-state index contributed by atoms with van der Waals surface area (Å²) in [5.74, 6) is 3.37. The van der Waals surface area contributed by atoms with E-state index >= 15 is 0 Å². The molecule has 0 aromatic carbocycles. The Labute approximate surface area is 210 Å². The van der Waals surface area contributed by atoms with Crippen molar-refractivity contribution >= 4 is 5.91 Å². The highest BCUT2D eigenvalue weighted by Crippen LogP contribution is 2.67.